The molecule has 14 nitrogen and oxygen atoms in total. The van der Waals surface area contributed by atoms with Crippen molar-refractivity contribution in [3.8, 4) is 0 Å². The smallest absolute Gasteiger partial charge is 0.295 e. The summed E-state index contributed by atoms with van der Waals surface area (Å²) in [5.41, 5.74) is 8.48. The molecule has 0 saturated carbocycles. The van der Waals surface area contributed by atoms with Crippen LogP contribution in [0.5, 0.6) is 0 Å². The van der Waals surface area contributed by atoms with Gasteiger partial charge in [-0.25, -0.2) is 0 Å². The summed E-state index contributed by atoms with van der Waals surface area (Å²) in [6.45, 7) is 0. The molecule has 0 aliphatic carbocycles. The van der Waals surface area contributed by atoms with Gasteiger partial charge in [-0.05, 0) is 66.7 Å². The molecule has 17 heteroatoms. The molecular weight excluding hydrogens is 743 g/mol. The molecule has 0 amide bonds. The molecule has 0 aliphatic rings. The van der Waals surface area contributed by atoms with Crippen LogP contribution in [0.25, 0.3) is 32.3 Å². The molecule has 268 valence electrons. The Balaban J connectivity index is 1.30. The van der Waals surface area contributed by atoms with Crippen LogP contribution in [0, 0.1) is 0 Å². The van der Waals surface area contributed by atoms with E-state index in [1.54, 1.807) is 60.7 Å². The Bertz CT molecular complexity index is 2960. The van der Waals surface area contributed by atoms with Gasteiger partial charge in [0.15, 0.2) is 0 Å². The van der Waals surface area contributed by atoms with Crippen LogP contribution in [0.2, 0.25) is 0 Å². The highest BCUT2D eigenvalue weighted by Crippen LogP contribution is 2.39. The summed E-state index contributed by atoms with van der Waals surface area (Å²) < 4.78 is 103. The van der Waals surface area contributed by atoms with Crippen molar-refractivity contribution >= 4 is 96.8 Å². The zero-order chi connectivity index (χ0) is 37.5. The van der Waals surface area contributed by atoms with Gasteiger partial charge in [0, 0.05) is 43.7 Å². The minimum Gasteiger partial charge on any atom is -0.355 e. The first-order valence-electron chi connectivity index (χ1n) is 15.5. The van der Waals surface area contributed by atoms with E-state index in [1.165, 1.54) is 48.5 Å². The number of anilines is 4. The number of rotatable bonds is 10. The van der Waals surface area contributed by atoms with Gasteiger partial charge in [0.2, 0.25) is 0 Å². The number of hydrazine groups is 1. The number of hydrogen-bond donors (Lipinski definition) is 6. The third kappa shape index (κ3) is 7.25. The second-order valence-corrected chi connectivity index (χ2v) is 15.9. The first-order valence-corrected chi connectivity index (χ1v) is 19.8. The van der Waals surface area contributed by atoms with Crippen molar-refractivity contribution in [3.63, 3.8) is 0 Å². The van der Waals surface area contributed by atoms with Crippen LogP contribution in [0.3, 0.4) is 0 Å². The summed E-state index contributed by atoms with van der Waals surface area (Å²) in [6.07, 6.45) is 0. The number of benzene rings is 7. The minimum absolute atomic E-state index is 0.206. The van der Waals surface area contributed by atoms with Crippen LogP contribution in [0.15, 0.2) is 152 Å². The van der Waals surface area contributed by atoms with Gasteiger partial charge in [-0.15, -0.1) is 10.2 Å². The van der Waals surface area contributed by atoms with Gasteiger partial charge in [-0.2, -0.15) is 25.3 Å². The number of azo groups is 1. The molecule has 7 aromatic carbocycles. The van der Waals surface area contributed by atoms with Crippen molar-refractivity contribution in [3.05, 3.63) is 127 Å². The van der Waals surface area contributed by atoms with E-state index in [0.717, 1.165) is 0 Å². The zero-order valence-corrected chi connectivity index (χ0v) is 29.5. The largest absolute Gasteiger partial charge is 0.355 e. The van der Waals surface area contributed by atoms with Crippen molar-refractivity contribution in [1.82, 2.24) is 0 Å². The molecule has 0 fully saturated rings. The lowest BCUT2D eigenvalue weighted by molar-refractivity contribution is 0.481. The fourth-order valence-corrected chi connectivity index (χ4v) is 7.91. The third-order valence-corrected chi connectivity index (χ3v) is 11.0. The molecule has 0 aromatic heterocycles. The fraction of sp³-hybridized carbons (Fsp3) is 0. The number of hydrogen-bond acceptors (Lipinski definition) is 11. The predicted molar refractivity (Wildman–Crippen MR) is 202 cm³/mol. The lowest BCUT2D eigenvalue weighted by Gasteiger charge is -2.18. The van der Waals surface area contributed by atoms with Crippen LogP contribution >= 0.6 is 0 Å². The van der Waals surface area contributed by atoms with E-state index in [4.69, 9.17) is 0 Å². The van der Waals surface area contributed by atoms with Crippen molar-refractivity contribution in [1.29, 1.82) is 0 Å². The quantitative estimate of drug-likeness (QED) is 0.0438. The molecule has 0 atom stereocenters. The molecule has 0 saturated heterocycles. The lowest BCUT2D eigenvalue weighted by Crippen LogP contribution is -2.10. The number of para-hydroxylation sites is 1. The molecule has 6 N–H and O–H groups in total. The van der Waals surface area contributed by atoms with E-state index < -0.39 is 35.2 Å². The van der Waals surface area contributed by atoms with E-state index >= 15 is 0 Å². The van der Waals surface area contributed by atoms with Crippen molar-refractivity contribution in [2.45, 2.75) is 14.7 Å². The zero-order valence-electron chi connectivity index (χ0n) is 27.0. The molecule has 0 aliphatic heterocycles. The highest BCUT2D eigenvalue weighted by atomic mass is 32.2. The molecule has 0 heterocycles. The Labute approximate surface area is 303 Å². The molecule has 0 spiro atoms. The maximum atomic E-state index is 12.5. The van der Waals surface area contributed by atoms with Gasteiger partial charge < -0.3 is 16.2 Å². The maximum Gasteiger partial charge on any atom is 0.295 e. The van der Waals surface area contributed by atoms with Gasteiger partial charge in [-0.1, -0.05) is 60.7 Å². The second-order valence-electron chi connectivity index (χ2n) is 11.7. The topological polar surface area (TPSA) is 224 Å². The van der Waals surface area contributed by atoms with Crippen LogP contribution < -0.4 is 16.2 Å². The van der Waals surface area contributed by atoms with Crippen molar-refractivity contribution < 1.29 is 38.9 Å². The Kier molecular flexibility index (Phi) is 9.06. The van der Waals surface area contributed by atoms with E-state index in [-0.39, 0.29) is 26.3 Å². The van der Waals surface area contributed by atoms with Gasteiger partial charge in [0.25, 0.3) is 30.4 Å². The first kappa shape index (κ1) is 35.5. The van der Waals surface area contributed by atoms with Gasteiger partial charge in [0.1, 0.15) is 9.79 Å². The summed E-state index contributed by atoms with van der Waals surface area (Å²) >= 11 is 0. The minimum atomic E-state index is -4.65. The van der Waals surface area contributed by atoms with E-state index in [2.05, 4.69) is 26.4 Å². The average molecular weight is 770 g/mol. The van der Waals surface area contributed by atoms with Crippen molar-refractivity contribution in [2.24, 2.45) is 10.2 Å². The summed E-state index contributed by atoms with van der Waals surface area (Å²) in [5, 5.41) is 13.9. The maximum absolute atomic E-state index is 12.5. The van der Waals surface area contributed by atoms with E-state index in [1.807, 2.05) is 18.2 Å². The number of nitrogens with zero attached hydrogens (tertiary/aromatic N) is 2. The highest BCUT2D eigenvalue weighted by Gasteiger charge is 2.20. The van der Waals surface area contributed by atoms with Crippen LogP contribution in [-0.4, -0.2) is 38.9 Å². The molecule has 7 aromatic rings. The Morgan fingerprint density at radius 1 is 0.434 bits per heavy atom. The third-order valence-electron chi connectivity index (χ3n) is 8.33. The summed E-state index contributed by atoms with van der Waals surface area (Å²) in [4.78, 5) is -1.01. The molecule has 0 bridgehead atoms. The highest BCUT2D eigenvalue weighted by molar-refractivity contribution is 7.86. The molecule has 53 heavy (non-hydrogen) atoms. The average Bonchev–Trinajstić information content (AvgIpc) is 3.12. The summed E-state index contributed by atoms with van der Waals surface area (Å²) in [5.74, 6) is 0. The Hall–Kier alpha value is -5.95. The van der Waals surface area contributed by atoms with E-state index in [9.17, 15) is 38.9 Å². The normalized spacial score (nSPS) is 12.4. The van der Waals surface area contributed by atoms with Crippen LogP contribution in [-0.2, 0) is 30.4 Å². The Morgan fingerprint density at radius 2 is 0.981 bits per heavy atom. The van der Waals surface area contributed by atoms with Crippen LogP contribution in [0.1, 0.15) is 0 Å². The second kappa shape index (κ2) is 13.6. The Morgan fingerprint density at radius 3 is 1.66 bits per heavy atom. The molecule has 7 rings (SSSR count). The van der Waals surface area contributed by atoms with Crippen molar-refractivity contribution in [2.75, 3.05) is 16.2 Å². The van der Waals surface area contributed by atoms with E-state index in [0.29, 0.717) is 50.0 Å². The van der Waals surface area contributed by atoms with Crippen LogP contribution in [0.4, 0.5) is 34.1 Å². The first-order chi connectivity index (χ1) is 25.2. The fourth-order valence-electron chi connectivity index (χ4n) is 5.97. The standard InChI is InChI=1S/C36H27N5O9S3/c42-51(43,44)23-15-16-25-28(21-23)32(18-17-30(25)39-38-29-12-4-10-26-24(29)9-5-13-34(26)52(45,46)47)41-40-31-19-20-33(37-22-7-2-1-3-8-22)36-27(31)11-6-14-35(36)53(48,49)50/h1-21,37,40-41H,(H,42,43,44)(H,45,46,47)(H,48,49,50). The molecular formula is C36H27N5O9S3. The SMILES string of the molecule is O=S(=O)(O)c1ccc2c(N=Nc3cccc4c(S(=O)(=O)O)cccc34)ccc(NNc3ccc(Nc4ccccc4)c4c(S(=O)(=O)O)cccc34)c2c1. The van der Waals surface area contributed by atoms with Gasteiger partial charge in [0.05, 0.1) is 27.6 Å². The number of fused-ring (bicyclic) bond motifs is 3. The molecule has 0 radical (unpaired) electrons. The monoisotopic (exact) mass is 769 g/mol. The summed E-state index contributed by atoms with van der Waals surface area (Å²) in [6, 6.07) is 32.9. The molecule has 0 unspecified atom stereocenters. The van der Waals surface area contributed by atoms with Gasteiger partial charge >= 0.3 is 0 Å². The van der Waals surface area contributed by atoms with Gasteiger partial charge in [-0.3, -0.25) is 13.7 Å². The predicted octanol–water partition coefficient (Wildman–Crippen LogP) is 8.48. The lowest BCUT2D eigenvalue weighted by atomic mass is 10.1. The summed E-state index contributed by atoms with van der Waals surface area (Å²) in [7, 11) is -13.8. The number of nitrogens with one attached hydrogen (secondary N) is 3.